The number of hydrogen-bond donors (Lipinski definition) is 0. The SMILES string of the molecule is [B]C1(C)CCC2(C)OC(C3=CCOC3=C)CC2C1CCCC. The molecule has 3 aliphatic rings. The first-order chi connectivity index (χ1) is 10.4. The van der Waals surface area contributed by atoms with Gasteiger partial charge in [0, 0.05) is 5.57 Å². The van der Waals surface area contributed by atoms with E-state index in [1.807, 2.05) is 0 Å². The first kappa shape index (κ1) is 16.2. The second-order valence-corrected chi connectivity index (χ2v) is 7.91. The van der Waals surface area contributed by atoms with Gasteiger partial charge in [-0.2, -0.15) is 0 Å². The van der Waals surface area contributed by atoms with E-state index < -0.39 is 0 Å². The van der Waals surface area contributed by atoms with Crippen molar-refractivity contribution in [3.8, 4) is 0 Å². The van der Waals surface area contributed by atoms with Crippen molar-refractivity contribution in [2.45, 2.75) is 76.3 Å². The highest BCUT2D eigenvalue weighted by Crippen LogP contribution is 2.59. The average molecular weight is 300 g/mol. The number of hydrogen-bond acceptors (Lipinski definition) is 2. The van der Waals surface area contributed by atoms with E-state index in [0.717, 1.165) is 25.0 Å². The Morgan fingerprint density at radius 3 is 2.77 bits per heavy atom. The van der Waals surface area contributed by atoms with Crippen LogP contribution in [0.15, 0.2) is 24.0 Å². The lowest BCUT2D eigenvalue weighted by Gasteiger charge is -2.50. The predicted molar refractivity (Wildman–Crippen MR) is 90.9 cm³/mol. The van der Waals surface area contributed by atoms with Crippen LogP contribution in [0, 0.1) is 11.8 Å². The molecule has 3 rings (SSSR count). The largest absolute Gasteiger partial charge is 0.490 e. The number of ether oxygens (including phenoxy) is 2. The molecule has 0 aromatic rings. The fourth-order valence-corrected chi connectivity index (χ4v) is 4.82. The average Bonchev–Trinajstić information content (AvgIpc) is 3.02. The molecule has 0 spiro atoms. The maximum absolute atomic E-state index is 6.69. The van der Waals surface area contributed by atoms with Gasteiger partial charge in [0.15, 0.2) is 0 Å². The van der Waals surface area contributed by atoms with Gasteiger partial charge in [-0.1, -0.05) is 51.4 Å². The van der Waals surface area contributed by atoms with E-state index in [-0.39, 0.29) is 17.0 Å². The molecule has 22 heavy (non-hydrogen) atoms. The van der Waals surface area contributed by atoms with Crippen LogP contribution < -0.4 is 0 Å². The van der Waals surface area contributed by atoms with E-state index in [1.54, 1.807) is 0 Å². The van der Waals surface area contributed by atoms with Crippen LogP contribution in [0.3, 0.4) is 0 Å². The summed E-state index contributed by atoms with van der Waals surface area (Å²) in [4.78, 5) is 0. The van der Waals surface area contributed by atoms with E-state index in [9.17, 15) is 0 Å². The Morgan fingerprint density at radius 2 is 2.14 bits per heavy atom. The Hall–Kier alpha value is -0.695. The van der Waals surface area contributed by atoms with Crippen molar-refractivity contribution in [1.82, 2.24) is 0 Å². The minimum absolute atomic E-state index is 0.0360. The normalized spacial score (nSPS) is 44.6. The van der Waals surface area contributed by atoms with Crippen LogP contribution in [0.4, 0.5) is 0 Å². The molecule has 0 N–H and O–H groups in total. The summed E-state index contributed by atoms with van der Waals surface area (Å²) in [6, 6.07) is 0. The molecule has 0 bridgehead atoms. The second kappa shape index (κ2) is 5.74. The molecule has 2 radical (unpaired) electrons. The summed E-state index contributed by atoms with van der Waals surface area (Å²) in [6.07, 6.45) is 9.16. The fraction of sp³-hybridized carbons (Fsp3) is 0.789. The summed E-state index contributed by atoms with van der Waals surface area (Å²) in [5, 5.41) is -0.0604. The molecular formula is C19H29BO2. The highest BCUT2D eigenvalue weighted by molar-refractivity contribution is 6.15. The van der Waals surface area contributed by atoms with Crippen molar-refractivity contribution in [2.75, 3.05) is 6.61 Å². The third-order valence-electron chi connectivity index (χ3n) is 6.26. The van der Waals surface area contributed by atoms with Crippen molar-refractivity contribution in [1.29, 1.82) is 0 Å². The summed E-state index contributed by atoms with van der Waals surface area (Å²) >= 11 is 0. The molecule has 2 nitrogen and oxygen atoms in total. The summed E-state index contributed by atoms with van der Waals surface area (Å²) in [5.41, 5.74) is 1.13. The summed E-state index contributed by atoms with van der Waals surface area (Å²) in [5.74, 6) is 1.89. The summed E-state index contributed by atoms with van der Waals surface area (Å²) in [6.45, 7) is 11.5. The van der Waals surface area contributed by atoms with Gasteiger partial charge in [-0.25, -0.2) is 0 Å². The van der Waals surface area contributed by atoms with Crippen molar-refractivity contribution in [2.24, 2.45) is 11.8 Å². The van der Waals surface area contributed by atoms with Crippen molar-refractivity contribution in [3.05, 3.63) is 24.0 Å². The van der Waals surface area contributed by atoms with Gasteiger partial charge in [0.1, 0.15) is 12.4 Å². The van der Waals surface area contributed by atoms with Gasteiger partial charge in [0.2, 0.25) is 0 Å². The summed E-state index contributed by atoms with van der Waals surface area (Å²) in [7, 11) is 6.69. The molecule has 0 amide bonds. The standard InChI is InChI=1S/C19H29BO2/c1-5-6-7-15-16-12-17(14-8-11-21-13(14)2)22-19(16,4)10-9-18(15,3)20/h8,15-17H,2,5-7,9-12H2,1,3-4H3. The van der Waals surface area contributed by atoms with Crippen molar-refractivity contribution >= 4 is 7.85 Å². The molecule has 2 heterocycles. The Kier molecular flexibility index (Phi) is 4.22. The molecule has 0 aromatic carbocycles. The molecule has 2 fully saturated rings. The van der Waals surface area contributed by atoms with Crippen LogP contribution >= 0.6 is 0 Å². The molecule has 5 unspecified atom stereocenters. The predicted octanol–water partition coefficient (Wildman–Crippen LogP) is 4.57. The number of rotatable bonds is 4. The molecule has 120 valence electrons. The van der Waals surface area contributed by atoms with Crippen LogP contribution in [0.2, 0.25) is 5.31 Å². The fourth-order valence-electron chi connectivity index (χ4n) is 4.82. The highest BCUT2D eigenvalue weighted by atomic mass is 16.5. The lowest BCUT2D eigenvalue weighted by atomic mass is 9.48. The maximum Gasteiger partial charge on any atom is 0.118 e. The first-order valence-corrected chi connectivity index (χ1v) is 8.86. The Labute approximate surface area is 136 Å². The molecule has 5 atom stereocenters. The smallest absolute Gasteiger partial charge is 0.118 e. The minimum Gasteiger partial charge on any atom is -0.490 e. The molecule has 1 saturated heterocycles. The van der Waals surface area contributed by atoms with Crippen molar-refractivity contribution < 1.29 is 9.47 Å². The van der Waals surface area contributed by atoms with E-state index in [4.69, 9.17) is 17.3 Å². The molecular weight excluding hydrogens is 271 g/mol. The maximum atomic E-state index is 6.69. The van der Waals surface area contributed by atoms with E-state index in [1.165, 1.54) is 24.8 Å². The van der Waals surface area contributed by atoms with Gasteiger partial charge >= 0.3 is 0 Å². The Bertz CT molecular complexity index is 482. The quantitative estimate of drug-likeness (QED) is 0.708. The summed E-state index contributed by atoms with van der Waals surface area (Å²) < 4.78 is 12.1. The van der Waals surface area contributed by atoms with E-state index in [2.05, 4.69) is 33.4 Å². The lowest BCUT2D eigenvalue weighted by Crippen LogP contribution is -2.46. The number of fused-ring (bicyclic) bond motifs is 1. The Morgan fingerprint density at radius 1 is 1.36 bits per heavy atom. The Balaban J connectivity index is 1.82. The number of unbranched alkanes of at least 4 members (excludes halogenated alkanes) is 1. The van der Waals surface area contributed by atoms with Gasteiger partial charge in [0.25, 0.3) is 0 Å². The van der Waals surface area contributed by atoms with Crippen LogP contribution in [-0.2, 0) is 9.47 Å². The molecule has 1 saturated carbocycles. The van der Waals surface area contributed by atoms with Crippen LogP contribution in [-0.4, -0.2) is 26.2 Å². The van der Waals surface area contributed by atoms with Crippen LogP contribution in [0.25, 0.3) is 0 Å². The topological polar surface area (TPSA) is 18.5 Å². The second-order valence-electron chi connectivity index (χ2n) is 7.91. The lowest BCUT2D eigenvalue weighted by molar-refractivity contribution is -0.0769. The zero-order valence-electron chi connectivity index (χ0n) is 14.4. The zero-order chi connectivity index (χ0) is 16.0. The van der Waals surface area contributed by atoms with Crippen molar-refractivity contribution in [3.63, 3.8) is 0 Å². The molecule has 0 aromatic heterocycles. The molecule has 1 aliphatic carbocycles. The van der Waals surface area contributed by atoms with Gasteiger partial charge in [-0.05, 0) is 37.7 Å². The van der Waals surface area contributed by atoms with Crippen LogP contribution in [0.1, 0.15) is 59.3 Å². The van der Waals surface area contributed by atoms with Gasteiger partial charge in [0.05, 0.1) is 19.6 Å². The van der Waals surface area contributed by atoms with Gasteiger partial charge in [-0.15, -0.1) is 0 Å². The van der Waals surface area contributed by atoms with E-state index >= 15 is 0 Å². The third kappa shape index (κ3) is 2.66. The monoisotopic (exact) mass is 300 g/mol. The minimum atomic E-state index is -0.0604. The van der Waals surface area contributed by atoms with Gasteiger partial charge in [-0.3, -0.25) is 0 Å². The van der Waals surface area contributed by atoms with Crippen LogP contribution in [0.5, 0.6) is 0 Å². The van der Waals surface area contributed by atoms with Gasteiger partial charge < -0.3 is 9.47 Å². The highest BCUT2D eigenvalue weighted by Gasteiger charge is 2.55. The first-order valence-electron chi connectivity index (χ1n) is 8.86. The van der Waals surface area contributed by atoms with E-state index in [0.29, 0.717) is 18.4 Å². The zero-order valence-corrected chi connectivity index (χ0v) is 14.4. The third-order valence-corrected chi connectivity index (χ3v) is 6.26. The molecule has 2 aliphatic heterocycles. The molecule has 3 heteroatoms.